The summed E-state index contributed by atoms with van der Waals surface area (Å²) in [6, 6.07) is 13.8. The van der Waals surface area contributed by atoms with Crippen molar-refractivity contribution >= 4 is 11.1 Å². The number of alkyl halides is 12. The first kappa shape index (κ1) is 30.7. The molecule has 0 aliphatic carbocycles. The molecule has 4 aromatic carbocycles. The van der Waals surface area contributed by atoms with Crippen molar-refractivity contribution in [2.45, 2.75) is 24.7 Å². The molecule has 0 saturated carbocycles. The number of halogens is 12. The van der Waals surface area contributed by atoms with E-state index in [1.807, 2.05) is 0 Å². The average Bonchev–Trinajstić information content (AvgIpc) is 2.90. The SMILES string of the molecule is FC(F)(F)c1ccc(C(=C(c2ccc(C(F)(F)F)cc2)c2ccc(C(F)(F)F)cc2)c2ccc(C(F)(F)F)cc2)cc1. The molecule has 0 amide bonds. The molecule has 0 spiro atoms. The third-order valence-corrected chi connectivity index (χ3v) is 6.25. The Bertz CT molecular complexity index is 1310. The Labute approximate surface area is 230 Å². The van der Waals surface area contributed by atoms with Gasteiger partial charge in [-0.2, -0.15) is 52.7 Å². The molecule has 0 fully saturated rings. The second-order valence-electron chi connectivity index (χ2n) is 9.05. The molecule has 0 N–H and O–H groups in total. The van der Waals surface area contributed by atoms with Gasteiger partial charge in [-0.05, 0) is 81.9 Å². The second-order valence-corrected chi connectivity index (χ2v) is 9.05. The van der Waals surface area contributed by atoms with Crippen LogP contribution in [0.15, 0.2) is 97.1 Å². The first-order chi connectivity index (χ1) is 19.4. The molecule has 4 rings (SSSR count). The molecule has 0 radical (unpaired) electrons. The van der Waals surface area contributed by atoms with Gasteiger partial charge in [-0.15, -0.1) is 0 Å². The summed E-state index contributed by atoms with van der Waals surface area (Å²) in [5.74, 6) is 0. The topological polar surface area (TPSA) is 0 Å². The van der Waals surface area contributed by atoms with E-state index in [1.165, 1.54) is 0 Å². The highest BCUT2D eigenvalue weighted by molar-refractivity contribution is 6.04. The third kappa shape index (κ3) is 6.80. The van der Waals surface area contributed by atoms with Gasteiger partial charge in [0.05, 0.1) is 22.3 Å². The van der Waals surface area contributed by atoms with Crippen LogP contribution in [0.3, 0.4) is 0 Å². The van der Waals surface area contributed by atoms with E-state index in [9.17, 15) is 52.7 Å². The van der Waals surface area contributed by atoms with E-state index >= 15 is 0 Å². The van der Waals surface area contributed by atoms with Gasteiger partial charge in [-0.1, -0.05) is 48.5 Å². The molecule has 0 bridgehead atoms. The molecule has 0 unspecified atom stereocenters. The highest BCUT2D eigenvalue weighted by Crippen LogP contribution is 2.41. The highest BCUT2D eigenvalue weighted by Gasteiger charge is 2.33. The van der Waals surface area contributed by atoms with Gasteiger partial charge >= 0.3 is 24.7 Å². The number of hydrogen-bond acceptors (Lipinski definition) is 0. The minimum Gasteiger partial charge on any atom is -0.166 e. The van der Waals surface area contributed by atoms with E-state index in [0.29, 0.717) is 48.5 Å². The highest BCUT2D eigenvalue weighted by atomic mass is 19.4. The zero-order valence-electron chi connectivity index (χ0n) is 20.8. The van der Waals surface area contributed by atoms with Crippen LogP contribution in [0.2, 0.25) is 0 Å². The number of rotatable bonds is 4. The smallest absolute Gasteiger partial charge is 0.166 e. The Morgan fingerprint density at radius 3 is 0.524 bits per heavy atom. The first-order valence-corrected chi connectivity index (χ1v) is 11.8. The maximum atomic E-state index is 13.3. The predicted molar refractivity (Wildman–Crippen MR) is 131 cm³/mol. The Morgan fingerprint density at radius 1 is 0.262 bits per heavy atom. The van der Waals surface area contributed by atoms with Crippen LogP contribution in [0.1, 0.15) is 44.5 Å². The van der Waals surface area contributed by atoms with Crippen molar-refractivity contribution in [3.05, 3.63) is 142 Å². The molecule has 0 atom stereocenters. The third-order valence-electron chi connectivity index (χ3n) is 6.25. The van der Waals surface area contributed by atoms with Crippen LogP contribution in [-0.2, 0) is 24.7 Å². The van der Waals surface area contributed by atoms with Crippen LogP contribution in [0.5, 0.6) is 0 Å². The van der Waals surface area contributed by atoms with Crippen LogP contribution in [0.25, 0.3) is 11.1 Å². The Kier molecular flexibility index (Phi) is 7.96. The summed E-state index contributed by atoms with van der Waals surface area (Å²) in [7, 11) is 0. The van der Waals surface area contributed by atoms with E-state index < -0.39 is 47.0 Å². The number of hydrogen-bond donors (Lipinski definition) is 0. The first-order valence-electron chi connectivity index (χ1n) is 11.8. The largest absolute Gasteiger partial charge is 0.416 e. The van der Waals surface area contributed by atoms with Gasteiger partial charge in [0.1, 0.15) is 0 Å². The molecule has 0 aliphatic rings. The van der Waals surface area contributed by atoms with E-state index in [4.69, 9.17) is 0 Å². The van der Waals surface area contributed by atoms with Gasteiger partial charge in [0.25, 0.3) is 0 Å². The Hall–Kier alpha value is -4.22. The Balaban J connectivity index is 2.06. The van der Waals surface area contributed by atoms with E-state index in [2.05, 4.69) is 0 Å². The summed E-state index contributed by atoms with van der Waals surface area (Å²) in [6.45, 7) is 0. The molecule has 4 aromatic rings. The fraction of sp³-hybridized carbons (Fsp3) is 0.133. The van der Waals surface area contributed by atoms with Crippen molar-refractivity contribution in [3.8, 4) is 0 Å². The molecular formula is C30H16F12. The fourth-order valence-electron chi connectivity index (χ4n) is 4.21. The zero-order chi connectivity index (χ0) is 31.1. The van der Waals surface area contributed by atoms with Gasteiger partial charge in [0.15, 0.2) is 0 Å². The van der Waals surface area contributed by atoms with Crippen molar-refractivity contribution in [3.63, 3.8) is 0 Å². The maximum Gasteiger partial charge on any atom is 0.416 e. The molecular weight excluding hydrogens is 588 g/mol. The number of benzene rings is 4. The summed E-state index contributed by atoms with van der Waals surface area (Å²) in [4.78, 5) is 0. The van der Waals surface area contributed by atoms with Crippen LogP contribution in [0.4, 0.5) is 52.7 Å². The fourth-order valence-corrected chi connectivity index (χ4v) is 4.21. The lowest BCUT2D eigenvalue weighted by molar-refractivity contribution is -0.138. The lowest BCUT2D eigenvalue weighted by Crippen LogP contribution is -2.07. The Morgan fingerprint density at radius 2 is 0.405 bits per heavy atom. The lowest BCUT2D eigenvalue weighted by Gasteiger charge is -2.20. The van der Waals surface area contributed by atoms with E-state index in [-0.39, 0.29) is 33.4 Å². The van der Waals surface area contributed by atoms with Gasteiger partial charge < -0.3 is 0 Å². The standard InChI is InChI=1S/C30H16F12/c31-27(32,33)21-9-1-17(2-10-21)25(18-3-11-22(12-4-18)28(34,35)36)26(19-5-13-23(14-6-19)29(37,38)39)20-7-15-24(16-8-20)30(40,41)42/h1-16H. The van der Waals surface area contributed by atoms with E-state index in [1.54, 1.807) is 0 Å². The quantitative estimate of drug-likeness (QED) is 0.161. The minimum absolute atomic E-state index is 0.0116. The molecule has 0 nitrogen and oxygen atoms in total. The average molecular weight is 604 g/mol. The summed E-state index contributed by atoms with van der Waals surface area (Å²) in [5, 5.41) is 0. The van der Waals surface area contributed by atoms with Crippen molar-refractivity contribution in [2.75, 3.05) is 0 Å². The van der Waals surface area contributed by atoms with Crippen LogP contribution >= 0.6 is 0 Å². The molecule has 220 valence electrons. The van der Waals surface area contributed by atoms with Gasteiger partial charge in [-0.25, -0.2) is 0 Å². The molecule has 0 aromatic heterocycles. The van der Waals surface area contributed by atoms with Crippen LogP contribution < -0.4 is 0 Å². The van der Waals surface area contributed by atoms with Gasteiger partial charge in [-0.3, -0.25) is 0 Å². The maximum absolute atomic E-state index is 13.3. The summed E-state index contributed by atoms with van der Waals surface area (Å²) < 4.78 is 159. The summed E-state index contributed by atoms with van der Waals surface area (Å²) >= 11 is 0. The van der Waals surface area contributed by atoms with Crippen LogP contribution in [0, 0.1) is 0 Å². The molecule has 42 heavy (non-hydrogen) atoms. The van der Waals surface area contributed by atoms with Gasteiger partial charge in [0.2, 0.25) is 0 Å². The second kappa shape index (κ2) is 10.9. The predicted octanol–water partition coefficient (Wildman–Crippen LogP) is 10.8. The molecule has 0 aliphatic heterocycles. The molecule has 0 saturated heterocycles. The van der Waals surface area contributed by atoms with Crippen LogP contribution in [-0.4, -0.2) is 0 Å². The van der Waals surface area contributed by atoms with E-state index in [0.717, 1.165) is 48.5 Å². The monoisotopic (exact) mass is 604 g/mol. The van der Waals surface area contributed by atoms with Gasteiger partial charge in [0, 0.05) is 0 Å². The minimum atomic E-state index is -4.74. The molecule has 0 heterocycles. The zero-order valence-corrected chi connectivity index (χ0v) is 20.8. The lowest BCUT2D eigenvalue weighted by atomic mass is 9.85. The van der Waals surface area contributed by atoms with Crippen molar-refractivity contribution in [1.29, 1.82) is 0 Å². The summed E-state index contributed by atoms with van der Waals surface area (Å²) in [6.07, 6.45) is -18.9. The van der Waals surface area contributed by atoms with Crippen molar-refractivity contribution in [2.24, 2.45) is 0 Å². The van der Waals surface area contributed by atoms with Crippen molar-refractivity contribution < 1.29 is 52.7 Å². The van der Waals surface area contributed by atoms with Crippen molar-refractivity contribution in [1.82, 2.24) is 0 Å². The summed E-state index contributed by atoms with van der Waals surface area (Å²) in [5.41, 5.74) is -4.22. The molecule has 12 heteroatoms. The normalized spacial score (nSPS) is 12.8.